The normalized spacial score (nSPS) is 14.9. The van der Waals surface area contributed by atoms with Gasteiger partial charge in [0.1, 0.15) is 0 Å². The number of rotatable bonds is 5. The molecule has 1 heterocycles. The van der Waals surface area contributed by atoms with E-state index in [0.717, 1.165) is 5.39 Å². The third-order valence-corrected chi connectivity index (χ3v) is 3.41. The van der Waals surface area contributed by atoms with Crippen LogP contribution in [0.15, 0.2) is 36.5 Å². The Morgan fingerprint density at radius 1 is 1.19 bits per heavy atom. The molecular weight excluding hydrogens is 281 g/mol. The second-order valence-corrected chi connectivity index (χ2v) is 5.01. The molecule has 2 aromatic rings. The number of nitrogens with one attached hydrogen (secondary N) is 1. The molecular formula is C15H17F3N2O. The van der Waals surface area contributed by atoms with Crippen LogP contribution in [0.2, 0.25) is 0 Å². The van der Waals surface area contributed by atoms with Crippen molar-refractivity contribution in [2.24, 2.45) is 0 Å². The Balaban J connectivity index is 2.24. The van der Waals surface area contributed by atoms with Crippen molar-refractivity contribution in [3.63, 3.8) is 0 Å². The summed E-state index contributed by atoms with van der Waals surface area (Å²) in [7, 11) is 0. The molecule has 2 N–H and O–H groups in total. The number of pyridine rings is 1. The summed E-state index contributed by atoms with van der Waals surface area (Å²) in [5, 5.41) is 13.3. The summed E-state index contributed by atoms with van der Waals surface area (Å²) >= 11 is 0. The van der Waals surface area contributed by atoms with Crippen LogP contribution < -0.4 is 5.32 Å². The lowest BCUT2D eigenvalue weighted by Crippen LogP contribution is -2.50. The molecule has 1 unspecified atom stereocenters. The van der Waals surface area contributed by atoms with Crippen molar-refractivity contribution in [1.29, 1.82) is 0 Å². The summed E-state index contributed by atoms with van der Waals surface area (Å²) in [6.07, 6.45) is -3.14. The number of fused-ring (bicyclic) bond motifs is 1. The van der Waals surface area contributed by atoms with Gasteiger partial charge in [-0.25, -0.2) is 0 Å². The maximum atomic E-state index is 13.0. The van der Waals surface area contributed by atoms with E-state index < -0.39 is 18.3 Å². The molecule has 1 aromatic heterocycles. The van der Waals surface area contributed by atoms with Crippen LogP contribution in [-0.2, 0) is 0 Å². The number of nitrogens with zero attached hydrogens (tertiary/aromatic N) is 1. The first-order valence-corrected chi connectivity index (χ1v) is 6.74. The lowest BCUT2D eigenvalue weighted by Gasteiger charge is -2.31. The number of anilines is 1. The van der Waals surface area contributed by atoms with Gasteiger partial charge in [-0.1, -0.05) is 19.4 Å². The van der Waals surface area contributed by atoms with Crippen molar-refractivity contribution >= 4 is 16.6 Å². The highest BCUT2D eigenvalue weighted by molar-refractivity contribution is 5.91. The number of aromatic nitrogens is 1. The number of alkyl halides is 3. The van der Waals surface area contributed by atoms with E-state index >= 15 is 0 Å². The third-order valence-electron chi connectivity index (χ3n) is 3.41. The van der Waals surface area contributed by atoms with E-state index in [2.05, 4.69) is 10.3 Å². The first kappa shape index (κ1) is 15.6. The van der Waals surface area contributed by atoms with E-state index in [1.807, 2.05) is 0 Å². The highest BCUT2D eigenvalue weighted by Gasteiger charge is 2.52. The van der Waals surface area contributed by atoms with Crippen LogP contribution in [0.5, 0.6) is 0 Å². The van der Waals surface area contributed by atoms with Gasteiger partial charge in [0.05, 0.1) is 12.1 Å². The summed E-state index contributed by atoms with van der Waals surface area (Å²) in [6, 6.07) is 8.66. The zero-order chi connectivity index (χ0) is 15.5. The fraction of sp³-hybridized carbons (Fsp3) is 0.400. The Labute approximate surface area is 120 Å². The van der Waals surface area contributed by atoms with Crippen LogP contribution >= 0.6 is 0 Å². The van der Waals surface area contributed by atoms with Crippen LogP contribution in [0.1, 0.15) is 19.8 Å². The molecule has 6 heteroatoms. The standard InChI is InChI=1S/C15H17F3N2O/c1-2-8-14(21,15(16,17)18)10-20-13-7-3-6-12-11(13)5-4-9-19-12/h3-7,9,20-21H,2,8,10H2,1H3. The van der Waals surface area contributed by atoms with Gasteiger partial charge in [0.25, 0.3) is 0 Å². The Morgan fingerprint density at radius 3 is 2.62 bits per heavy atom. The molecule has 0 bridgehead atoms. The highest BCUT2D eigenvalue weighted by Crippen LogP contribution is 2.34. The van der Waals surface area contributed by atoms with Crippen LogP contribution in [0.3, 0.4) is 0 Å². The molecule has 0 fully saturated rings. The first-order chi connectivity index (χ1) is 9.87. The summed E-state index contributed by atoms with van der Waals surface area (Å²) in [5.74, 6) is 0. The third kappa shape index (κ3) is 3.26. The number of aliphatic hydroxyl groups is 1. The molecule has 0 radical (unpaired) electrons. The summed E-state index contributed by atoms with van der Waals surface area (Å²) in [6.45, 7) is 1.02. The van der Waals surface area contributed by atoms with Gasteiger partial charge in [0.2, 0.25) is 0 Å². The average molecular weight is 298 g/mol. The predicted molar refractivity (Wildman–Crippen MR) is 76.1 cm³/mol. The van der Waals surface area contributed by atoms with Crippen molar-refractivity contribution in [3.05, 3.63) is 36.5 Å². The molecule has 21 heavy (non-hydrogen) atoms. The van der Waals surface area contributed by atoms with Crippen LogP contribution in [0.4, 0.5) is 18.9 Å². The largest absolute Gasteiger partial charge is 0.418 e. The minimum atomic E-state index is -4.67. The van der Waals surface area contributed by atoms with Crippen molar-refractivity contribution in [2.45, 2.75) is 31.5 Å². The molecule has 0 saturated heterocycles. The van der Waals surface area contributed by atoms with Crippen LogP contribution in [0.25, 0.3) is 10.9 Å². The van der Waals surface area contributed by atoms with Crippen molar-refractivity contribution < 1.29 is 18.3 Å². The van der Waals surface area contributed by atoms with Gasteiger partial charge < -0.3 is 10.4 Å². The maximum absolute atomic E-state index is 13.0. The van der Waals surface area contributed by atoms with E-state index in [4.69, 9.17) is 0 Å². The lowest BCUT2D eigenvalue weighted by atomic mass is 9.97. The van der Waals surface area contributed by atoms with Gasteiger partial charge in [-0.2, -0.15) is 13.2 Å². The van der Waals surface area contributed by atoms with Gasteiger partial charge in [0, 0.05) is 17.3 Å². The molecule has 2 rings (SSSR count). The number of halogens is 3. The first-order valence-electron chi connectivity index (χ1n) is 6.74. The van der Waals surface area contributed by atoms with Crippen LogP contribution in [-0.4, -0.2) is 28.4 Å². The molecule has 0 amide bonds. The minimum absolute atomic E-state index is 0.245. The van der Waals surface area contributed by atoms with E-state index in [1.54, 1.807) is 43.5 Å². The summed E-state index contributed by atoms with van der Waals surface area (Å²) < 4.78 is 39.0. The maximum Gasteiger partial charge on any atom is 0.418 e. The van der Waals surface area contributed by atoms with Crippen molar-refractivity contribution in [2.75, 3.05) is 11.9 Å². The average Bonchev–Trinajstić information content (AvgIpc) is 2.44. The monoisotopic (exact) mass is 298 g/mol. The van der Waals surface area contributed by atoms with Crippen LogP contribution in [0, 0.1) is 0 Å². The Morgan fingerprint density at radius 2 is 1.95 bits per heavy atom. The van der Waals surface area contributed by atoms with Crippen molar-refractivity contribution in [3.8, 4) is 0 Å². The Hall–Kier alpha value is -1.82. The smallest absolute Gasteiger partial charge is 0.381 e. The van der Waals surface area contributed by atoms with Gasteiger partial charge in [-0.05, 0) is 30.7 Å². The topological polar surface area (TPSA) is 45.1 Å². The highest BCUT2D eigenvalue weighted by atomic mass is 19.4. The molecule has 0 aliphatic rings. The zero-order valence-electron chi connectivity index (χ0n) is 11.6. The second kappa shape index (κ2) is 5.89. The van der Waals surface area contributed by atoms with E-state index in [0.29, 0.717) is 11.2 Å². The minimum Gasteiger partial charge on any atom is -0.381 e. The number of hydrogen-bond acceptors (Lipinski definition) is 3. The molecule has 114 valence electrons. The number of hydrogen-bond donors (Lipinski definition) is 2. The zero-order valence-corrected chi connectivity index (χ0v) is 11.6. The molecule has 1 aromatic carbocycles. The van der Waals surface area contributed by atoms with E-state index in [1.165, 1.54) is 0 Å². The van der Waals surface area contributed by atoms with Gasteiger partial charge in [-0.3, -0.25) is 4.98 Å². The van der Waals surface area contributed by atoms with Gasteiger partial charge in [0.15, 0.2) is 5.60 Å². The summed E-state index contributed by atoms with van der Waals surface area (Å²) in [4.78, 5) is 4.15. The Kier molecular flexibility index (Phi) is 4.37. The predicted octanol–water partition coefficient (Wildman–Crippen LogP) is 3.74. The van der Waals surface area contributed by atoms with Gasteiger partial charge >= 0.3 is 6.18 Å². The quantitative estimate of drug-likeness (QED) is 0.884. The molecule has 3 nitrogen and oxygen atoms in total. The van der Waals surface area contributed by atoms with Gasteiger partial charge in [-0.15, -0.1) is 0 Å². The fourth-order valence-electron chi connectivity index (χ4n) is 2.24. The van der Waals surface area contributed by atoms with E-state index in [9.17, 15) is 18.3 Å². The SMILES string of the molecule is CCCC(O)(CNc1cccc2ncccc12)C(F)(F)F. The Bertz CT molecular complexity index is 610. The molecule has 0 saturated carbocycles. The van der Waals surface area contributed by atoms with Crippen molar-refractivity contribution in [1.82, 2.24) is 4.98 Å². The summed E-state index contributed by atoms with van der Waals surface area (Å²) in [5.41, 5.74) is -1.51. The fourth-order valence-corrected chi connectivity index (χ4v) is 2.24. The molecule has 0 spiro atoms. The molecule has 0 aliphatic carbocycles. The second-order valence-electron chi connectivity index (χ2n) is 5.01. The number of benzene rings is 1. The van der Waals surface area contributed by atoms with E-state index in [-0.39, 0.29) is 12.8 Å². The lowest BCUT2D eigenvalue weighted by molar-refractivity contribution is -0.256. The molecule has 1 atom stereocenters. The molecule has 0 aliphatic heterocycles.